The summed E-state index contributed by atoms with van der Waals surface area (Å²) in [4.78, 5) is 23.3. The lowest BCUT2D eigenvalue weighted by Gasteiger charge is -2.30. The van der Waals surface area contributed by atoms with Crippen molar-refractivity contribution in [2.45, 2.75) is 13.0 Å². The molecule has 4 rings (SSSR count). The molecule has 0 aliphatic carbocycles. The highest BCUT2D eigenvalue weighted by molar-refractivity contribution is 5.71. The second kappa shape index (κ2) is 4.44. The molecular weight excluding hydrogens is 271 g/mol. The van der Waals surface area contributed by atoms with Gasteiger partial charge in [-0.2, -0.15) is 0 Å². The molecular formula is C15H13FN4O. The van der Waals surface area contributed by atoms with E-state index >= 15 is 0 Å². The Morgan fingerprint density at radius 2 is 2.14 bits per heavy atom. The lowest BCUT2D eigenvalue weighted by Crippen LogP contribution is -2.31. The largest absolute Gasteiger partial charge is 0.367 e. The van der Waals surface area contributed by atoms with Crippen molar-refractivity contribution in [1.29, 1.82) is 0 Å². The number of halogens is 1. The van der Waals surface area contributed by atoms with E-state index < -0.39 is 0 Å². The standard InChI is InChI=1S/C15H13FN4O/c16-10-2-1-3-11(7-10)20-5-4-12-9(8-20)6-13-14(17-12)19-15(21)18-13/h1-3,6-7H,4-5,8H2,(H2,17,18,19,21). The first-order valence-corrected chi connectivity index (χ1v) is 6.80. The van der Waals surface area contributed by atoms with Crippen LogP contribution in [-0.4, -0.2) is 21.5 Å². The van der Waals surface area contributed by atoms with Gasteiger partial charge >= 0.3 is 5.69 Å². The number of aromatic amines is 2. The fourth-order valence-electron chi connectivity index (χ4n) is 2.82. The third kappa shape index (κ3) is 2.08. The molecule has 0 saturated carbocycles. The molecule has 1 aliphatic heterocycles. The minimum atomic E-state index is -0.248. The first-order valence-electron chi connectivity index (χ1n) is 6.80. The molecule has 0 bridgehead atoms. The van der Waals surface area contributed by atoms with Crippen LogP contribution in [-0.2, 0) is 13.0 Å². The van der Waals surface area contributed by atoms with E-state index in [4.69, 9.17) is 0 Å². The minimum Gasteiger partial charge on any atom is -0.367 e. The van der Waals surface area contributed by atoms with Gasteiger partial charge in [0, 0.05) is 30.9 Å². The lowest BCUT2D eigenvalue weighted by atomic mass is 10.0. The Kier molecular flexibility index (Phi) is 2.57. The highest BCUT2D eigenvalue weighted by atomic mass is 19.1. The summed E-state index contributed by atoms with van der Waals surface area (Å²) in [5.74, 6) is -0.234. The summed E-state index contributed by atoms with van der Waals surface area (Å²) in [5, 5.41) is 0. The molecule has 1 aromatic carbocycles. The van der Waals surface area contributed by atoms with E-state index in [0.29, 0.717) is 17.7 Å². The van der Waals surface area contributed by atoms with Gasteiger partial charge in [0.2, 0.25) is 0 Å². The third-order valence-corrected chi connectivity index (χ3v) is 3.82. The molecule has 21 heavy (non-hydrogen) atoms. The maximum atomic E-state index is 13.3. The fraction of sp³-hybridized carbons (Fsp3) is 0.200. The van der Waals surface area contributed by atoms with Gasteiger partial charge in [-0.05, 0) is 29.8 Å². The summed E-state index contributed by atoms with van der Waals surface area (Å²) in [6.45, 7) is 1.44. The first-order chi connectivity index (χ1) is 10.2. The van der Waals surface area contributed by atoms with Crippen LogP contribution in [0.15, 0.2) is 35.1 Å². The highest BCUT2D eigenvalue weighted by Gasteiger charge is 2.19. The monoisotopic (exact) mass is 284 g/mol. The molecule has 0 atom stereocenters. The van der Waals surface area contributed by atoms with E-state index in [1.807, 2.05) is 12.1 Å². The van der Waals surface area contributed by atoms with Crippen molar-refractivity contribution in [1.82, 2.24) is 15.0 Å². The predicted octanol–water partition coefficient (Wildman–Crippen LogP) is 1.95. The topological polar surface area (TPSA) is 64.8 Å². The van der Waals surface area contributed by atoms with Crippen molar-refractivity contribution in [3.8, 4) is 0 Å². The van der Waals surface area contributed by atoms with Gasteiger partial charge in [-0.15, -0.1) is 0 Å². The normalized spacial score (nSPS) is 14.4. The van der Waals surface area contributed by atoms with Gasteiger partial charge in [-0.25, -0.2) is 14.2 Å². The molecule has 2 N–H and O–H groups in total. The molecule has 5 nitrogen and oxygen atoms in total. The van der Waals surface area contributed by atoms with Crippen LogP contribution in [0.5, 0.6) is 0 Å². The second-order valence-electron chi connectivity index (χ2n) is 5.22. The van der Waals surface area contributed by atoms with Crippen LogP contribution in [0.4, 0.5) is 10.1 Å². The molecule has 0 fully saturated rings. The zero-order chi connectivity index (χ0) is 14.4. The van der Waals surface area contributed by atoms with Crippen LogP contribution < -0.4 is 10.6 Å². The molecule has 6 heteroatoms. The summed E-state index contributed by atoms with van der Waals surface area (Å²) >= 11 is 0. The molecule has 0 amide bonds. The molecule has 0 spiro atoms. The molecule has 3 heterocycles. The first kappa shape index (κ1) is 12.1. The van der Waals surface area contributed by atoms with Crippen molar-refractivity contribution in [3.05, 3.63) is 57.9 Å². The Morgan fingerprint density at radius 3 is 3.00 bits per heavy atom. The number of aromatic nitrogens is 3. The second-order valence-corrected chi connectivity index (χ2v) is 5.22. The summed E-state index contributed by atoms with van der Waals surface area (Å²) in [6, 6.07) is 8.54. The fourth-order valence-corrected chi connectivity index (χ4v) is 2.82. The number of pyridine rings is 1. The van der Waals surface area contributed by atoms with E-state index in [1.54, 1.807) is 6.07 Å². The number of H-pyrrole nitrogens is 2. The van der Waals surface area contributed by atoms with E-state index in [9.17, 15) is 9.18 Å². The number of imidazole rings is 1. The molecule has 2 aromatic heterocycles. The van der Waals surface area contributed by atoms with E-state index in [2.05, 4.69) is 19.9 Å². The van der Waals surface area contributed by atoms with Gasteiger partial charge in [0.05, 0.1) is 5.52 Å². The zero-order valence-electron chi connectivity index (χ0n) is 11.2. The SMILES string of the molecule is O=c1[nH]c2cc3c(nc2[nH]1)CCN(c1cccc(F)c1)C3. The van der Waals surface area contributed by atoms with Gasteiger partial charge in [0.15, 0.2) is 5.65 Å². The van der Waals surface area contributed by atoms with Crippen LogP contribution >= 0.6 is 0 Å². The lowest BCUT2D eigenvalue weighted by molar-refractivity contribution is 0.624. The maximum absolute atomic E-state index is 13.3. The summed E-state index contributed by atoms with van der Waals surface area (Å²) in [5.41, 5.74) is 3.97. The summed E-state index contributed by atoms with van der Waals surface area (Å²) in [7, 11) is 0. The smallest absolute Gasteiger partial charge is 0.325 e. The number of nitrogens with zero attached hydrogens (tertiary/aromatic N) is 2. The molecule has 1 aliphatic rings. The van der Waals surface area contributed by atoms with Gasteiger partial charge in [-0.1, -0.05) is 6.07 Å². The average molecular weight is 284 g/mol. The molecule has 3 aromatic rings. The number of nitrogens with one attached hydrogen (secondary N) is 2. The van der Waals surface area contributed by atoms with Gasteiger partial charge in [-0.3, -0.25) is 4.98 Å². The molecule has 0 radical (unpaired) electrons. The number of hydrogen-bond donors (Lipinski definition) is 2. The highest BCUT2D eigenvalue weighted by Crippen LogP contribution is 2.25. The van der Waals surface area contributed by atoms with Crippen LogP contribution in [0, 0.1) is 5.82 Å². The number of anilines is 1. The Balaban J connectivity index is 1.73. The minimum absolute atomic E-state index is 0.234. The maximum Gasteiger partial charge on any atom is 0.325 e. The van der Waals surface area contributed by atoms with Gasteiger partial charge in [0.25, 0.3) is 0 Å². The van der Waals surface area contributed by atoms with Crippen molar-refractivity contribution >= 4 is 16.9 Å². The molecule has 0 saturated heterocycles. The third-order valence-electron chi connectivity index (χ3n) is 3.82. The quantitative estimate of drug-likeness (QED) is 0.718. The Hall–Kier alpha value is -2.63. The average Bonchev–Trinajstić information content (AvgIpc) is 2.83. The van der Waals surface area contributed by atoms with E-state index in [0.717, 1.165) is 29.9 Å². The van der Waals surface area contributed by atoms with Crippen LogP contribution in [0.25, 0.3) is 11.2 Å². The predicted molar refractivity (Wildman–Crippen MR) is 77.9 cm³/mol. The van der Waals surface area contributed by atoms with Gasteiger partial charge in [0.1, 0.15) is 5.82 Å². The molecule has 106 valence electrons. The van der Waals surface area contributed by atoms with Crippen molar-refractivity contribution < 1.29 is 4.39 Å². The van der Waals surface area contributed by atoms with Gasteiger partial charge < -0.3 is 9.88 Å². The van der Waals surface area contributed by atoms with Crippen LogP contribution in [0.2, 0.25) is 0 Å². The Morgan fingerprint density at radius 1 is 1.24 bits per heavy atom. The summed E-state index contributed by atoms with van der Waals surface area (Å²) < 4.78 is 13.3. The molecule has 0 unspecified atom stereocenters. The number of rotatable bonds is 1. The van der Waals surface area contributed by atoms with Crippen LogP contribution in [0.1, 0.15) is 11.3 Å². The Labute approximate surface area is 119 Å². The van der Waals surface area contributed by atoms with Crippen molar-refractivity contribution in [2.24, 2.45) is 0 Å². The summed E-state index contributed by atoms with van der Waals surface area (Å²) in [6.07, 6.45) is 0.773. The number of fused-ring (bicyclic) bond motifs is 2. The van der Waals surface area contributed by atoms with Crippen molar-refractivity contribution in [3.63, 3.8) is 0 Å². The zero-order valence-corrected chi connectivity index (χ0v) is 11.2. The Bertz CT molecular complexity index is 883. The van der Waals surface area contributed by atoms with Crippen molar-refractivity contribution in [2.75, 3.05) is 11.4 Å². The van der Waals surface area contributed by atoms with Crippen LogP contribution in [0.3, 0.4) is 0 Å². The number of hydrogen-bond acceptors (Lipinski definition) is 3. The number of benzene rings is 1. The van der Waals surface area contributed by atoms with E-state index in [1.165, 1.54) is 12.1 Å². The van der Waals surface area contributed by atoms with E-state index in [-0.39, 0.29) is 11.5 Å².